The summed E-state index contributed by atoms with van der Waals surface area (Å²) in [5.74, 6) is -0.130. The van der Waals surface area contributed by atoms with E-state index < -0.39 is 47.0 Å². The number of benzene rings is 1. The van der Waals surface area contributed by atoms with Crippen molar-refractivity contribution >= 4 is 39.2 Å². The molecule has 13 heteroatoms. The van der Waals surface area contributed by atoms with Crippen molar-refractivity contribution in [3.8, 4) is 0 Å². The largest absolute Gasteiger partial charge is 0.514 e. The van der Waals surface area contributed by atoms with Crippen LogP contribution < -0.4 is 5.32 Å². The molecule has 192 valence electrons. The van der Waals surface area contributed by atoms with Crippen molar-refractivity contribution in [1.82, 2.24) is 19.5 Å². The Kier molecular flexibility index (Phi) is 7.38. The van der Waals surface area contributed by atoms with Gasteiger partial charge in [0.2, 0.25) is 5.66 Å². The number of imidazole rings is 1. The van der Waals surface area contributed by atoms with Crippen LogP contribution in [0.15, 0.2) is 43.0 Å². The molecule has 1 saturated heterocycles. The molecule has 0 bridgehead atoms. The van der Waals surface area contributed by atoms with Gasteiger partial charge in [0, 0.05) is 5.56 Å². The predicted octanol–water partition coefficient (Wildman–Crippen LogP) is 3.46. The van der Waals surface area contributed by atoms with Crippen molar-refractivity contribution in [1.29, 1.82) is 0 Å². The molecule has 5 atom stereocenters. The number of hydrogen-bond acceptors (Lipinski definition) is 8. The molecule has 36 heavy (non-hydrogen) atoms. The zero-order chi connectivity index (χ0) is 26.3. The van der Waals surface area contributed by atoms with Gasteiger partial charge in [-0.1, -0.05) is 39.0 Å². The van der Waals surface area contributed by atoms with Gasteiger partial charge in [-0.25, -0.2) is 15.0 Å². The van der Waals surface area contributed by atoms with Crippen LogP contribution in [0.5, 0.6) is 0 Å². The van der Waals surface area contributed by atoms with Crippen LogP contribution in [0.25, 0.3) is 11.2 Å². The minimum atomic E-state index is -2.73. The van der Waals surface area contributed by atoms with Crippen LogP contribution in [-0.4, -0.2) is 68.2 Å². The zero-order valence-corrected chi connectivity index (χ0v) is 22.7. The summed E-state index contributed by atoms with van der Waals surface area (Å²) >= 11 is 0. The number of rotatable bonds is 7. The summed E-state index contributed by atoms with van der Waals surface area (Å²) in [5, 5.41) is 12.5. The summed E-state index contributed by atoms with van der Waals surface area (Å²) in [6, 6.07) is 8.72. The van der Waals surface area contributed by atoms with Crippen LogP contribution in [0.1, 0.15) is 37.4 Å². The average Bonchev–Trinajstić information content (AvgIpc) is 3.40. The molecule has 0 saturated carbocycles. The highest BCUT2D eigenvalue weighted by Crippen LogP contribution is 2.47. The molecule has 1 aromatic carbocycles. The summed E-state index contributed by atoms with van der Waals surface area (Å²) in [7, 11) is -5.14. The Morgan fingerprint density at radius 3 is 2.53 bits per heavy atom. The van der Waals surface area contributed by atoms with E-state index in [0.717, 1.165) is 0 Å². The second-order valence-corrected chi connectivity index (χ2v) is 16.2. The van der Waals surface area contributed by atoms with Crippen molar-refractivity contribution in [3.05, 3.63) is 48.5 Å². The van der Waals surface area contributed by atoms with Gasteiger partial charge in [-0.2, -0.15) is 4.89 Å². The van der Waals surface area contributed by atoms with E-state index >= 15 is 0 Å². The van der Waals surface area contributed by atoms with Gasteiger partial charge in [-0.15, -0.1) is 0 Å². The van der Waals surface area contributed by atoms with E-state index in [4.69, 9.17) is 9.16 Å². The van der Waals surface area contributed by atoms with E-state index in [1.54, 1.807) is 28.8 Å². The molecule has 3 aromatic rings. The molecular weight excluding hydrogens is 501 g/mol. The maximum absolute atomic E-state index is 12.7. The number of hydrogen-bond donors (Lipinski definition) is 3. The number of anilines is 1. The lowest BCUT2D eigenvalue weighted by Gasteiger charge is -2.39. The number of aliphatic hydroxyl groups excluding tert-OH is 1. The van der Waals surface area contributed by atoms with E-state index in [1.807, 2.05) is 19.2 Å². The summed E-state index contributed by atoms with van der Waals surface area (Å²) < 4.78 is 26.7. The molecule has 1 amide bonds. The van der Waals surface area contributed by atoms with E-state index in [1.165, 1.54) is 12.7 Å². The lowest BCUT2D eigenvalue weighted by atomic mass is 10.2. The second-order valence-electron chi connectivity index (χ2n) is 10.3. The van der Waals surface area contributed by atoms with Crippen molar-refractivity contribution in [2.24, 2.45) is 0 Å². The first kappa shape index (κ1) is 26.5. The molecule has 0 radical (unpaired) electrons. The Labute approximate surface area is 210 Å². The SMILES string of the molecule is CC(C)(C)[Si](C)(C)O[C@H]1C(n2cnc3c(NC(=O)c4ccccc4)ncnc32)OC(CO)[C@H]1[P+](=O)O. The quantitative estimate of drug-likeness (QED) is 0.307. The minimum Gasteiger partial charge on any atom is -0.405 e. The third kappa shape index (κ3) is 4.97. The van der Waals surface area contributed by atoms with Gasteiger partial charge in [0.25, 0.3) is 5.91 Å². The zero-order valence-electron chi connectivity index (χ0n) is 20.8. The standard InChI is InChI=1S/C23H30N5O6PSi/c1-23(2,3)36(4,5)34-17-18(35(31)32)15(11-29)33-22(17)28-13-26-16-19(24-12-25-20(16)28)27-21(30)14-9-7-6-8-10-14/h6-10,12-13,15,17-18,22,29H,11H2,1-5H3,(H-,24,25,27,30,31,32)/p+1/t15?,17-,18-,22?/m1/s1. The summed E-state index contributed by atoms with van der Waals surface area (Å²) in [4.78, 5) is 35.8. The average molecular weight is 533 g/mol. The molecule has 1 fully saturated rings. The highest BCUT2D eigenvalue weighted by atomic mass is 31.1. The molecule has 3 N–H and O–H groups in total. The number of aliphatic hydroxyl groups is 1. The number of carbonyl (C=O) groups excluding carboxylic acids is 1. The van der Waals surface area contributed by atoms with Gasteiger partial charge in [0.05, 0.1) is 12.9 Å². The van der Waals surface area contributed by atoms with Gasteiger partial charge in [0.1, 0.15) is 18.5 Å². The van der Waals surface area contributed by atoms with Crippen LogP contribution in [0.2, 0.25) is 18.1 Å². The van der Waals surface area contributed by atoms with E-state index in [-0.39, 0.29) is 16.8 Å². The lowest BCUT2D eigenvalue weighted by Crippen LogP contribution is -2.48. The van der Waals surface area contributed by atoms with Gasteiger partial charge in [-0.3, -0.25) is 9.36 Å². The number of fused-ring (bicyclic) bond motifs is 1. The van der Waals surface area contributed by atoms with Gasteiger partial charge in [-0.05, 0) is 34.8 Å². The highest BCUT2D eigenvalue weighted by molar-refractivity contribution is 7.39. The topological polar surface area (TPSA) is 149 Å². The Balaban J connectivity index is 1.73. The molecule has 3 heterocycles. The first-order valence-electron chi connectivity index (χ1n) is 11.6. The molecule has 0 aliphatic carbocycles. The molecule has 11 nitrogen and oxygen atoms in total. The van der Waals surface area contributed by atoms with Gasteiger partial charge >= 0.3 is 8.03 Å². The fourth-order valence-corrected chi connectivity index (χ4v) is 6.22. The third-order valence-electron chi connectivity index (χ3n) is 6.89. The van der Waals surface area contributed by atoms with Crippen LogP contribution in [-0.2, 0) is 13.7 Å². The number of aromatic nitrogens is 4. The molecule has 3 unspecified atom stereocenters. The van der Waals surface area contributed by atoms with Crippen molar-refractivity contribution in [2.45, 2.75) is 63.0 Å². The minimum absolute atomic E-state index is 0.172. The maximum Gasteiger partial charge on any atom is 0.514 e. The molecular formula is C23H31N5O6PSi+. The van der Waals surface area contributed by atoms with Gasteiger partial charge < -0.3 is 19.6 Å². The number of carbonyl (C=O) groups is 1. The Hall–Kier alpha value is -2.60. The number of amides is 1. The normalized spacial score (nSPS) is 23.1. The monoisotopic (exact) mass is 532 g/mol. The molecule has 0 spiro atoms. The summed E-state index contributed by atoms with van der Waals surface area (Å²) in [6.07, 6.45) is 0.171. The van der Waals surface area contributed by atoms with E-state index in [9.17, 15) is 19.4 Å². The number of nitrogens with zero attached hydrogens (tertiary/aromatic N) is 4. The summed E-state index contributed by atoms with van der Waals surface area (Å²) in [5.41, 5.74) is 0.202. The Morgan fingerprint density at radius 2 is 1.92 bits per heavy atom. The van der Waals surface area contributed by atoms with Crippen LogP contribution in [0.3, 0.4) is 0 Å². The molecule has 2 aromatic heterocycles. The van der Waals surface area contributed by atoms with Crippen molar-refractivity contribution in [3.63, 3.8) is 0 Å². The number of nitrogens with one attached hydrogen (secondary N) is 1. The molecule has 1 aliphatic rings. The van der Waals surface area contributed by atoms with E-state index in [2.05, 4.69) is 41.0 Å². The van der Waals surface area contributed by atoms with Crippen LogP contribution in [0.4, 0.5) is 5.82 Å². The lowest BCUT2D eigenvalue weighted by molar-refractivity contribution is -0.0459. The fraction of sp³-hybridized carbons (Fsp3) is 0.478. The fourth-order valence-electron chi connectivity index (χ4n) is 3.90. The number of ether oxygens (including phenoxy) is 1. The molecule has 1 aliphatic heterocycles. The Morgan fingerprint density at radius 1 is 1.22 bits per heavy atom. The Bertz CT molecular complexity index is 1260. The van der Waals surface area contributed by atoms with Gasteiger partial charge in [0.15, 0.2) is 31.5 Å². The second kappa shape index (κ2) is 10.0. The predicted molar refractivity (Wildman–Crippen MR) is 136 cm³/mol. The summed E-state index contributed by atoms with van der Waals surface area (Å²) in [6.45, 7) is 9.86. The van der Waals surface area contributed by atoms with Crippen molar-refractivity contribution in [2.75, 3.05) is 11.9 Å². The highest BCUT2D eigenvalue weighted by Gasteiger charge is 2.59. The first-order chi connectivity index (χ1) is 16.9. The first-order valence-corrected chi connectivity index (χ1v) is 15.8. The third-order valence-corrected chi connectivity index (χ3v) is 12.5. The van der Waals surface area contributed by atoms with E-state index in [0.29, 0.717) is 16.7 Å². The molecule has 4 rings (SSSR count). The van der Waals surface area contributed by atoms with Crippen LogP contribution >= 0.6 is 8.03 Å². The maximum atomic E-state index is 12.7. The van der Waals surface area contributed by atoms with Crippen LogP contribution in [0, 0.1) is 0 Å². The van der Waals surface area contributed by atoms with Crippen molar-refractivity contribution < 1.29 is 28.5 Å². The smallest absolute Gasteiger partial charge is 0.405 e.